The molecule has 1 saturated heterocycles. The minimum Gasteiger partial charge on any atom is -0.383 e. The van der Waals surface area contributed by atoms with E-state index in [0.29, 0.717) is 23.9 Å². The van der Waals surface area contributed by atoms with Crippen LogP contribution in [0.5, 0.6) is 0 Å². The van der Waals surface area contributed by atoms with Crippen molar-refractivity contribution in [3.63, 3.8) is 0 Å². The topological polar surface area (TPSA) is 71.9 Å². The molecule has 0 unspecified atom stereocenters. The molecule has 3 rings (SSSR count). The van der Waals surface area contributed by atoms with E-state index in [-0.39, 0.29) is 0 Å². The zero-order valence-electron chi connectivity index (χ0n) is 11.8. The second-order valence-corrected chi connectivity index (χ2v) is 5.80. The molecule has 2 heterocycles. The van der Waals surface area contributed by atoms with Crippen LogP contribution < -0.4 is 5.73 Å². The molecule has 1 fully saturated rings. The highest BCUT2D eigenvalue weighted by Gasteiger charge is 2.27. The molecule has 2 aliphatic rings. The highest BCUT2D eigenvalue weighted by atomic mass is 16.5. The van der Waals surface area contributed by atoms with E-state index in [1.807, 2.05) is 0 Å². The van der Waals surface area contributed by atoms with E-state index >= 15 is 0 Å². The fraction of sp³-hybridized carbons (Fsp3) is 0.625. The van der Waals surface area contributed by atoms with Gasteiger partial charge in [0, 0.05) is 18.2 Å². The Kier molecular flexibility index (Phi) is 3.88. The van der Waals surface area contributed by atoms with Gasteiger partial charge in [0.2, 0.25) is 0 Å². The number of hydrogen-bond acceptors (Lipinski definition) is 4. The summed E-state index contributed by atoms with van der Waals surface area (Å²) in [6, 6.07) is 2.28. The van der Waals surface area contributed by atoms with Crippen LogP contribution in [-0.2, 0) is 17.6 Å². The predicted octanol–water partition coefficient (Wildman–Crippen LogP) is 2.70. The summed E-state index contributed by atoms with van der Waals surface area (Å²) in [5.74, 6) is 0.733. The first-order valence-electron chi connectivity index (χ1n) is 7.60. The van der Waals surface area contributed by atoms with Gasteiger partial charge in [-0.05, 0) is 43.2 Å². The van der Waals surface area contributed by atoms with E-state index in [2.05, 4.69) is 11.1 Å². The average Bonchev–Trinajstić information content (AvgIpc) is 2.93. The Morgan fingerprint density at radius 3 is 2.70 bits per heavy atom. The summed E-state index contributed by atoms with van der Waals surface area (Å²) in [7, 11) is 0. The second-order valence-electron chi connectivity index (χ2n) is 5.80. The van der Waals surface area contributed by atoms with E-state index in [0.717, 1.165) is 37.1 Å². The fourth-order valence-corrected chi connectivity index (χ4v) is 3.48. The standard InChI is InChI=1S/C16H21N3O/c17-9-13-15(11-7-8-20-10-11)12-5-3-1-2-4-6-14(12)19-16(13)18/h11H,1-8,10H2,(H2,18,19)/t11-/m0/s1. The number of nitrogens with two attached hydrogens (primary N) is 1. The number of aromatic nitrogens is 1. The number of nitrogen functional groups attached to an aromatic ring is 1. The third kappa shape index (κ3) is 2.38. The van der Waals surface area contributed by atoms with Crippen LogP contribution in [0.25, 0.3) is 0 Å². The van der Waals surface area contributed by atoms with E-state index in [1.165, 1.54) is 31.2 Å². The molecule has 0 saturated carbocycles. The first kappa shape index (κ1) is 13.4. The van der Waals surface area contributed by atoms with Gasteiger partial charge in [0.05, 0.1) is 12.2 Å². The molecule has 2 N–H and O–H groups in total. The number of rotatable bonds is 1. The van der Waals surface area contributed by atoms with Crippen molar-refractivity contribution < 1.29 is 4.74 Å². The molecule has 0 radical (unpaired) electrons. The van der Waals surface area contributed by atoms with Crippen molar-refractivity contribution in [2.45, 2.75) is 50.9 Å². The molecule has 1 aromatic rings. The highest BCUT2D eigenvalue weighted by Crippen LogP contribution is 2.36. The molecule has 4 nitrogen and oxygen atoms in total. The molecular formula is C16H21N3O. The van der Waals surface area contributed by atoms with Gasteiger partial charge < -0.3 is 10.5 Å². The maximum absolute atomic E-state index is 9.48. The monoisotopic (exact) mass is 271 g/mol. The maximum atomic E-state index is 9.48. The summed E-state index contributed by atoms with van der Waals surface area (Å²) in [5, 5.41) is 9.48. The molecule has 20 heavy (non-hydrogen) atoms. The van der Waals surface area contributed by atoms with Gasteiger partial charge in [-0.25, -0.2) is 4.98 Å². The lowest BCUT2D eigenvalue weighted by Crippen LogP contribution is -2.15. The highest BCUT2D eigenvalue weighted by molar-refractivity contribution is 5.59. The Bertz CT molecular complexity index is 542. The van der Waals surface area contributed by atoms with Crippen LogP contribution in [-0.4, -0.2) is 18.2 Å². The van der Waals surface area contributed by atoms with Crippen LogP contribution in [0.1, 0.15) is 60.4 Å². The van der Waals surface area contributed by atoms with E-state index < -0.39 is 0 Å². The Labute approximate surface area is 119 Å². The lowest BCUT2D eigenvalue weighted by atomic mass is 9.84. The van der Waals surface area contributed by atoms with Crippen LogP contribution >= 0.6 is 0 Å². The van der Waals surface area contributed by atoms with Crippen molar-refractivity contribution in [1.82, 2.24) is 4.98 Å². The molecule has 4 heteroatoms. The average molecular weight is 271 g/mol. The summed E-state index contributed by atoms with van der Waals surface area (Å²) in [6.07, 6.45) is 7.91. The van der Waals surface area contributed by atoms with Gasteiger partial charge in [-0.15, -0.1) is 0 Å². The number of nitrogens with zero attached hydrogens (tertiary/aromatic N) is 2. The molecule has 0 aromatic carbocycles. The first-order chi connectivity index (χ1) is 9.81. The van der Waals surface area contributed by atoms with E-state index in [9.17, 15) is 5.26 Å². The van der Waals surface area contributed by atoms with Gasteiger partial charge in [0.15, 0.2) is 0 Å². The molecule has 106 valence electrons. The minimum absolute atomic E-state index is 0.322. The molecule has 1 aliphatic heterocycles. The largest absolute Gasteiger partial charge is 0.383 e. The van der Waals surface area contributed by atoms with Crippen LogP contribution in [0.2, 0.25) is 0 Å². The van der Waals surface area contributed by atoms with Gasteiger partial charge in [-0.2, -0.15) is 5.26 Å². The number of hydrogen-bond donors (Lipinski definition) is 1. The van der Waals surface area contributed by atoms with Crippen LogP contribution in [0.4, 0.5) is 5.82 Å². The van der Waals surface area contributed by atoms with Crippen molar-refractivity contribution in [3.05, 3.63) is 22.4 Å². The Morgan fingerprint density at radius 2 is 2.00 bits per heavy atom. The molecule has 0 bridgehead atoms. The Hall–Kier alpha value is -1.60. The van der Waals surface area contributed by atoms with Crippen LogP contribution in [0.3, 0.4) is 0 Å². The Morgan fingerprint density at radius 1 is 1.20 bits per heavy atom. The van der Waals surface area contributed by atoms with Crippen LogP contribution in [0.15, 0.2) is 0 Å². The van der Waals surface area contributed by atoms with E-state index in [4.69, 9.17) is 10.5 Å². The van der Waals surface area contributed by atoms with E-state index in [1.54, 1.807) is 0 Å². The molecular weight excluding hydrogens is 250 g/mol. The van der Waals surface area contributed by atoms with Crippen molar-refractivity contribution in [2.75, 3.05) is 18.9 Å². The van der Waals surface area contributed by atoms with Gasteiger partial charge in [0.1, 0.15) is 11.9 Å². The third-order valence-electron chi connectivity index (χ3n) is 4.49. The maximum Gasteiger partial charge on any atom is 0.141 e. The van der Waals surface area contributed by atoms with Crippen molar-refractivity contribution >= 4 is 5.82 Å². The molecule has 0 spiro atoms. The van der Waals surface area contributed by atoms with Crippen LogP contribution in [0, 0.1) is 11.3 Å². The first-order valence-corrected chi connectivity index (χ1v) is 7.60. The number of fused-ring (bicyclic) bond motifs is 1. The van der Waals surface area contributed by atoms with Gasteiger partial charge in [0.25, 0.3) is 0 Å². The van der Waals surface area contributed by atoms with Crippen molar-refractivity contribution in [1.29, 1.82) is 5.26 Å². The quantitative estimate of drug-likeness (QED) is 0.852. The third-order valence-corrected chi connectivity index (χ3v) is 4.49. The molecule has 0 amide bonds. The van der Waals surface area contributed by atoms with Crippen molar-refractivity contribution in [2.24, 2.45) is 0 Å². The molecule has 1 aliphatic carbocycles. The zero-order chi connectivity index (χ0) is 13.9. The number of ether oxygens (including phenoxy) is 1. The predicted molar refractivity (Wildman–Crippen MR) is 77.4 cm³/mol. The minimum atomic E-state index is 0.322. The summed E-state index contributed by atoms with van der Waals surface area (Å²) < 4.78 is 5.53. The number of nitriles is 1. The van der Waals surface area contributed by atoms with Crippen molar-refractivity contribution in [3.8, 4) is 6.07 Å². The lowest BCUT2D eigenvalue weighted by molar-refractivity contribution is 0.193. The lowest BCUT2D eigenvalue weighted by Gasteiger charge is -2.22. The van der Waals surface area contributed by atoms with Gasteiger partial charge >= 0.3 is 0 Å². The number of anilines is 1. The summed E-state index contributed by atoms with van der Waals surface area (Å²) >= 11 is 0. The molecule has 1 aromatic heterocycles. The van der Waals surface area contributed by atoms with Gasteiger partial charge in [-0.1, -0.05) is 12.8 Å². The number of pyridine rings is 1. The SMILES string of the molecule is N#Cc1c(N)nc2c(c1[C@H]1CCOC1)CCCCCC2. The number of aryl methyl sites for hydroxylation is 1. The summed E-state index contributed by atoms with van der Waals surface area (Å²) in [4.78, 5) is 4.53. The summed E-state index contributed by atoms with van der Waals surface area (Å²) in [5.41, 5.74) is 10.2. The van der Waals surface area contributed by atoms with Gasteiger partial charge in [-0.3, -0.25) is 0 Å². The Balaban J connectivity index is 2.14. The smallest absolute Gasteiger partial charge is 0.141 e. The molecule has 1 atom stereocenters. The zero-order valence-corrected chi connectivity index (χ0v) is 11.8. The second kappa shape index (κ2) is 5.80. The normalized spacial score (nSPS) is 22.6. The fourth-order valence-electron chi connectivity index (χ4n) is 3.48. The summed E-state index contributed by atoms with van der Waals surface area (Å²) in [6.45, 7) is 1.50.